The van der Waals surface area contributed by atoms with Gasteiger partial charge in [0.15, 0.2) is 6.61 Å². The fraction of sp³-hybridized carbons (Fsp3) is 0.350. The number of nitrogens with zero attached hydrogens (tertiary/aromatic N) is 1. The highest BCUT2D eigenvalue weighted by Crippen LogP contribution is 2.33. The summed E-state index contributed by atoms with van der Waals surface area (Å²) in [5.41, 5.74) is -1.32. The number of rotatable bonds is 7. The minimum Gasteiger partial charge on any atom is -0.450 e. The van der Waals surface area contributed by atoms with E-state index in [1.165, 1.54) is 11.3 Å². The molecule has 0 amide bonds. The Morgan fingerprint density at radius 1 is 1.16 bits per heavy atom. The van der Waals surface area contributed by atoms with Gasteiger partial charge in [0.25, 0.3) is 0 Å². The van der Waals surface area contributed by atoms with Crippen molar-refractivity contribution in [3.8, 4) is 11.8 Å². The molecule has 5 heteroatoms. The molecule has 0 bridgehead atoms. The van der Waals surface area contributed by atoms with Gasteiger partial charge >= 0.3 is 5.97 Å². The molecule has 2 rings (SSSR count). The second-order valence-corrected chi connectivity index (χ2v) is 6.39. The Labute approximate surface area is 153 Å². The highest BCUT2D eigenvalue weighted by molar-refractivity contribution is 7.10. The van der Waals surface area contributed by atoms with E-state index in [9.17, 15) is 9.90 Å². The summed E-state index contributed by atoms with van der Waals surface area (Å²) < 4.78 is 5.26. The van der Waals surface area contributed by atoms with Crippen LogP contribution in [0.15, 0.2) is 47.8 Å². The topological polar surface area (TPSA) is 49.8 Å². The third kappa shape index (κ3) is 4.70. The zero-order valence-electron chi connectivity index (χ0n) is 14.6. The summed E-state index contributed by atoms with van der Waals surface area (Å²) in [6, 6.07) is 12.4. The van der Waals surface area contributed by atoms with E-state index in [1.807, 2.05) is 11.4 Å². The first-order chi connectivity index (χ1) is 12.1. The summed E-state index contributed by atoms with van der Waals surface area (Å²) in [6.45, 7) is 6.60. The molecule has 0 spiro atoms. The van der Waals surface area contributed by atoms with E-state index >= 15 is 0 Å². The zero-order chi connectivity index (χ0) is 18.1. The van der Waals surface area contributed by atoms with Crippen LogP contribution < -0.4 is 0 Å². The van der Waals surface area contributed by atoms with Gasteiger partial charge in [-0.3, -0.25) is 4.90 Å². The smallest absolute Gasteiger partial charge is 0.349 e. The van der Waals surface area contributed by atoms with Gasteiger partial charge in [0.05, 0.1) is 11.4 Å². The van der Waals surface area contributed by atoms with Crippen LogP contribution in [0.3, 0.4) is 0 Å². The first kappa shape index (κ1) is 19.2. The quantitative estimate of drug-likeness (QED) is 0.611. The van der Waals surface area contributed by atoms with Crippen molar-refractivity contribution < 1.29 is 14.6 Å². The van der Waals surface area contributed by atoms with E-state index in [4.69, 9.17) is 4.74 Å². The molecule has 0 radical (unpaired) electrons. The SMILES string of the molecule is CCN(CC)CC#CCOC(=O)[C@](O)(c1ccccc1)c1cccs1. The molecular formula is C20H23NO3S. The molecule has 0 fully saturated rings. The fourth-order valence-corrected chi connectivity index (χ4v) is 3.23. The second-order valence-electron chi connectivity index (χ2n) is 5.44. The summed E-state index contributed by atoms with van der Waals surface area (Å²) >= 11 is 1.31. The third-order valence-electron chi connectivity index (χ3n) is 3.96. The van der Waals surface area contributed by atoms with Crippen molar-refractivity contribution >= 4 is 17.3 Å². The van der Waals surface area contributed by atoms with Crippen LogP contribution in [0.2, 0.25) is 0 Å². The lowest BCUT2D eigenvalue weighted by Crippen LogP contribution is -2.38. The van der Waals surface area contributed by atoms with Crippen LogP contribution in [0.1, 0.15) is 24.3 Å². The third-order valence-corrected chi connectivity index (χ3v) is 4.94. The molecular weight excluding hydrogens is 334 g/mol. The maximum Gasteiger partial charge on any atom is 0.349 e. The average Bonchev–Trinajstić information content (AvgIpc) is 3.19. The molecule has 4 nitrogen and oxygen atoms in total. The van der Waals surface area contributed by atoms with Crippen LogP contribution in [0.5, 0.6) is 0 Å². The van der Waals surface area contributed by atoms with Crippen LogP contribution in [0.4, 0.5) is 0 Å². The van der Waals surface area contributed by atoms with Gasteiger partial charge in [0.2, 0.25) is 5.60 Å². The van der Waals surface area contributed by atoms with Crippen molar-refractivity contribution in [2.45, 2.75) is 19.4 Å². The van der Waals surface area contributed by atoms with Crippen LogP contribution in [0, 0.1) is 11.8 Å². The van der Waals surface area contributed by atoms with E-state index in [2.05, 4.69) is 30.6 Å². The Morgan fingerprint density at radius 2 is 1.88 bits per heavy atom. The molecule has 0 aliphatic heterocycles. The maximum absolute atomic E-state index is 12.6. The predicted octanol–water partition coefficient (Wildman–Crippen LogP) is 2.87. The standard InChI is InChI=1S/C20H23NO3S/c1-3-21(4-2)14-8-9-15-24-19(22)20(23,18-13-10-16-25-18)17-11-6-5-7-12-17/h5-7,10-13,16,23H,3-4,14-15H2,1-2H3/t20-/m0/s1. The molecule has 1 N–H and O–H groups in total. The molecule has 0 aliphatic rings. The first-order valence-electron chi connectivity index (χ1n) is 8.30. The first-order valence-corrected chi connectivity index (χ1v) is 9.18. The summed E-state index contributed by atoms with van der Waals surface area (Å²) in [5.74, 6) is 5.12. The number of aliphatic hydroxyl groups is 1. The van der Waals surface area contributed by atoms with Crippen molar-refractivity contribution in [3.05, 3.63) is 58.3 Å². The second kappa shape index (κ2) is 9.38. The van der Waals surface area contributed by atoms with Gasteiger partial charge in [0.1, 0.15) is 0 Å². The largest absolute Gasteiger partial charge is 0.450 e. The zero-order valence-corrected chi connectivity index (χ0v) is 15.4. The Hall–Kier alpha value is -2.13. The van der Waals surface area contributed by atoms with Gasteiger partial charge in [0, 0.05) is 5.56 Å². The number of benzene rings is 1. The summed E-state index contributed by atoms with van der Waals surface area (Å²) in [4.78, 5) is 15.3. The molecule has 1 aromatic heterocycles. The molecule has 0 saturated carbocycles. The lowest BCUT2D eigenvalue weighted by molar-refractivity contribution is -0.160. The van der Waals surface area contributed by atoms with Crippen molar-refractivity contribution in [1.29, 1.82) is 0 Å². The summed E-state index contributed by atoms with van der Waals surface area (Å²) in [5, 5.41) is 12.9. The molecule has 0 aliphatic carbocycles. The van der Waals surface area contributed by atoms with Gasteiger partial charge in [-0.05, 0) is 24.5 Å². The Kier molecular flexibility index (Phi) is 7.20. The van der Waals surface area contributed by atoms with E-state index < -0.39 is 11.6 Å². The summed E-state index contributed by atoms with van der Waals surface area (Å²) in [6.07, 6.45) is 0. The molecule has 1 atom stereocenters. The highest BCUT2D eigenvalue weighted by Gasteiger charge is 2.42. The van der Waals surface area contributed by atoms with E-state index in [-0.39, 0.29) is 6.61 Å². The number of hydrogen-bond donors (Lipinski definition) is 1. The molecule has 0 saturated heterocycles. The van der Waals surface area contributed by atoms with Gasteiger partial charge in [-0.15, -0.1) is 11.3 Å². The Balaban J connectivity index is 2.09. The van der Waals surface area contributed by atoms with Crippen molar-refractivity contribution in [2.75, 3.05) is 26.2 Å². The highest BCUT2D eigenvalue weighted by atomic mass is 32.1. The molecule has 0 unspecified atom stereocenters. The van der Waals surface area contributed by atoms with Gasteiger partial charge < -0.3 is 9.84 Å². The van der Waals surface area contributed by atoms with Gasteiger partial charge in [-0.1, -0.05) is 62.1 Å². The summed E-state index contributed by atoms with van der Waals surface area (Å²) in [7, 11) is 0. The van der Waals surface area contributed by atoms with Crippen LogP contribution in [-0.4, -0.2) is 42.2 Å². The minimum atomic E-state index is -1.81. The number of carbonyl (C=O) groups excluding carboxylic acids is 1. The van der Waals surface area contributed by atoms with Gasteiger partial charge in [-0.25, -0.2) is 4.79 Å². The number of hydrogen-bond acceptors (Lipinski definition) is 5. The number of thiophene rings is 1. The number of esters is 1. The van der Waals surface area contributed by atoms with Crippen LogP contribution >= 0.6 is 11.3 Å². The van der Waals surface area contributed by atoms with E-state index in [0.717, 1.165) is 13.1 Å². The maximum atomic E-state index is 12.6. The molecule has 25 heavy (non-hydrogen) atoms. The molecule has 2 aromatic rings. The predicted molar refractivity (Wildman–Crippen MR) is 100 cm³/mol. The van der Waals surface area contributed by atoms with Crippen molar-refractivity contribution in [1.82, 2.24) is 4.90 Å². The monoisotopic (exact) mass is 357 g/mol. The van der Waals surface area contributed by atoms with Crippen molar-refractivity contribution in [2.24, 2.45) is 0 Å². The number of carbonyl (C=O) groups is 1. The van der Waals surface area contributed by atoms with Crippen LogP contribution in [0.25, 0.3) is 0 Å². The molecule has 1 aromatic carbocycles. The Morgan fingerprint density at radius 3 is 2.48 bits per heavy atom. The van der Waals surface area contributed by atoms with Crippen molar-refractivity contribution in [3.63, 3.8) is 0 Å². The lowest BCUT2D eigenvalue weighted by atomic mass is 9.92. The Bertz CT molecular complexity index is 714. The fourth-order valence-electron chi connectivity index (χ4n) is 2.40. The number of ether oxygens (including phenoxy) is 1. The average molecular weight is 357 g/mol. The lowest BCUT2D eigenvalue weighted by Gasteiger charge is -2.24. The van der Waals surface area contributed by atoms with Gasteiger partial charge in [-0.2, -0.15) is 0 Å². The van der Waals surface area contributed by atoms with Crippen LogP contribution in [-0.2, 0) is 15.1 Å². The normalized spacial score (nSPS) is 13.0. The molecule has 132 valence electrons. The van der Waals surface area contributed by atoms with E-state index in [1.54, 1.807) is 36.4 Å². The minimum absolute atomic E-state index is 0.0411. The van der Waals surface area contributed by atoms with E-state index in [0.29, 0.717) is 17.0 Å². The molecule has 1 heterocycles.